The molecular formula is C19H27N3O3. The Kier molecular flexibility index (Phi) is 5.50. The minimum atomic E-state index is -0.942. The number of imide groups is 1. The van der Waals surface area contributed by atoms with Gasteiger partial charge >= 0.3 is 6.03 Å². The van der Waals surface area contributed by atoms with Crippen LogP contribution in [0.15, 0.2) is 18.2 Å². The molecule has 0 bridgehead atoms. The molecule has 1 atom stereocenters. The molecule has 1 heterocycles. The summed E-state index contributed by atoms with van der Waals surface area (Å²) in [6, 6.07) is 5.31. The number of para-hydroxylation sites is 1. The molecule has 6 nitrogen and oxygen atoms in total. The van der Waals surface area contributed by atoms with Crippen LogP contribution < -0.4 is 10.6 Å². The minimum Gasteiger partial charge on any atom is -0.324 e. The van der Waals surface area contributed by atoms with Crippen molar-refractivity contribution in [2.75, 3.05) is 11.9 Å². The zero-order valence-corrected chi connectivity index (χ0v) is 15.6. The number of nitrogens with zero attached hydrogens (tertiary/aromatic N) is 1. The highest BCUT2D eigenvalue weighted by molar-refractivity contribution is 6.10. The van der Waals surface area contributed by atoms with Gasteiger partial charge in [0.15, 0.2) is 0 Å². The average Bonchev–Trinajstić information content (AvgIpc) is 2.71. The second-order valence-corrected chi connectivity index (χ2v) is 7.26. The Bertz CT molecular complexity index is 699. The summed E-state index contributed by atoms with van der Waals surface area (Å²) in [7, 11) is 0. The molecule has 2 N–H and O–H groups in total. The van der Waals surface area contributed by atoms with Gasteiger partial charge in [-0.05, 0) is 43.7 Å². The molecule has 136 valence electrons. The molecule has 0 aromatic heterocycles. The minimum absolute atomic E-state index is 0.252. The molecule has 0 aliphatic carbocycles. The first-order valence-electron chi connectivity index (χ1n) is 8.70. The fourth-order valence-corrected chi connectivity index (χ4v) is 3.37. The van der Waals surface area contributed by atoms with Crippen LogP contribution >= 0.6 is 0 Å². The summed E-state index contributed by atoms with van der Waals surface area (Å²) in [6.45, 7) is 9.34. The highest BCUT2D eigenvalue weighted by atomic mass is 16.2. The lowest BCUT2D eigenvalue weighted by Crippen LogP contribution is -2.45. The fourth-order valence-electron chi connectivity index (χ4n) is 3.37. The second-order valence-electron chi connectivity index (χ2n) is 7.26. The van der Waals surface area contributed by atoms with Gasteiger partial charge in [-0.15, -0.1) is 0 Å². The molecule has 1 aliphatic heterocycles. The van der Waals surface area contributed by atoms with Crippen molar-refractivity contribution >= 4 is 23.5 Å². The van der Waals surface area contributed by atoms with E-state index in [-0.39, 0.29) is 24.3 Å². The summed E-state index contributed by atoms with van der Waals surface area (Å²) >= 11 is 0. The molecule has 0 saturated carbocycles. The third-order valence-electron chi connectivity index (χ3n) is 4.47. The van der Waals surface area contributed by atoms with Crippen LogP contribution in [0.25, 0.3) is 0 Å². The van der Waals surface area contributed by atoms with Crippen LogP contribution in [-0.2, 0) is 16.0 Å². The van der Waals surface area contributed by atoms with E-state index < -0.39 is 11.6 Å². The van der Waals surface area contributed by atoms with Crippen LogP contribution in [0.3, 0.4) is 0 Å². The smallest absolute Gasteiger partial charge is 0.324 e. The number of carbonyl (C=O) groups excluding carboxylic acids is 3. The van der Waals surface area contributed by atoms with Crippen molar-refractivity contribution in [2.24, 2.45) is 5.92 Å². The third-order valence-corrected chi connectivity index (χ3v) is 4.47. The molecule has 1 aromatic carbocycles. The van der Waals surface area contributed by atoms with Gasteiger partial charge in [0.05, 0.1) is 0 Å². The third kappa shape index (κ3) is 4.00. The standard InChI is InChI=1S/C19H27N3O3/c1-6-14-9-7-8-13(4)16(14)20-15(23)11-22-17(24)19(5,10-12(2)3)21-18(22)25/h7-9,12H,6,10-11H2,1-5H3,(H,20,23)(H,21,25). The summed E-state index contributed by atoms with van der Waals surface area (Å²) in [5.74, 6) is -0.467. The van der Waals surface area contributed by atoms with E-state index in [0.717, 1.165) is 28.1 Å². The van der Waals surface area contributed by atoms with Gasteiger partial charge in [0, 0.05) is 5.69 Å². The first kappa shape index (κ1) is 19.0. The molecule has 1 aliphatic rings. The van der Waals surface area contributed by atoms with E-state index in [1.807, 2.05) is 45.9 Å². The molecular weight excluding hydrogens is 318 g/mol. The maximum Gasteiger partial charge on any atom is 0.325 e. The van der Waals surface area contributed by atoms with Gasteiger partial charge in [-0.2, -0.15) is 0 Å². The first-order valence-corrected chi connectivity index (χ1v) is 8.70. The number of hydrogen-bond acceptors (Lipinski definition) is 3. The fraction of sp³-hybridized carbons (Fsp3) is 0.526. The van der Waals surface area contributed by atoms with E-state index in [2.05, 4.69) is 10.6 Å². The predicted molar refractivity (Wildman–Crippen MR) is 97.3 cm³/mol. The molecule has 0 spiro atoms. The van der Waals surface area contributed by atoms with Gasteiger partial charge in [-0.1, -0.05) is 39.0 Å². The van der Waals surface area contributed by atoms with Crippen molar-refractivity contribution in [1.29, 1.82) is 0 Å². The first-order chi connectivity index (χ1) is 11.7. The quantitative estimate of drug-likeness (QED) is 0.778. The summed E-state index contributed by atoms with van der Waals surface area (Å²) in [6.07, 6.45) is 1.32. The van der Waals surface area contributed by atoms with Crippen LogP contribution in [0.5, 0.6) is 0 Å². The Morgan fingerprint density at radius 1 is 1.32 bits per heavy atom. The second kappa shape index (κ2) is 7.25. The number of aryl methyl sites for hydroxylation is 2. The number of carbonyl (C=O) groups is 3. The van der Waals surface area contributed by atoms with Crippen molar-refractivity contribution in [3.63, 3.8) is 0 Å². The number of urea groups is 1. The number of anilines is 1. The van der Waals surface area contributed by atoms with Crippen LogP contribution in [0.2, 0.25) is 0 Å². The number of rotatable bonds is 6. The molecule has 1 fully saturated rings. The Morgan fingerprint density at radius 3 is 2.60 bits per heavy atom. The van der Waals surface area contributed by atoms with Gasteiger partial charge in [0.1, 0.15) is 12.1 Å². The summed E-state index contributed by atoms with van der Waals surface area (Å²) in [4.78, 5) is 38.2. The average molecular weight is 345 g/mol. The van der Waals surface area contributed by atoms with Gasteiger partial charge < -0.3 is 10.6 Å². The van der Waals surface area contributed by atoms with E-state index in [1.165, 1.54) is 0 Å². The van der Waals surface area contributed by atoms with Crippen LogP contribution in [0, 0.1) is 12.8 Å². The van der Waals surface area contributed by atoms with E-state index in [9.17, 15) is 14.4 Å². The predicted octanol–water partition coefficient (Wildman–Crippen LogP) is 2.85. The Labute approximate surface area is 149 Å². The van der Waals surface area contributed by atoms with Gasteiger partial charge in [0.2, 0.25) is 5.91 Å². The van der Waals surface area contributed by atoms with Crippen molar-refractivity contribution in [1.82, 2.24) is 10.2 Å². The molecule has 6 heteroatoms. The summed E-state index contributed by atoms with van der Waals surface area (Å²) < 4.78 is 0. The highest BCUT2D eigenvalue weighted by Crippen LogP contribution is 2.25. The van der Waals surface area contributed by atoms with Crippen molar-refractivity contribution in [3.8, 4) is 0 Å². The van der Waals surface area contributed by atoms with Crippen molar-refractivity contribution in [2.45, 2.75) is 53.0 Å². The Hall–Kier alpha value is -2.37. The van der Waals surface area contributed by atoms with E-state index in [1.54, 1.807) is 6.92 Å². The summed E-state index contributed by atoms with van der Waals surface area (Å²) in [5.41, 5.74) is 1.79. The summed E-state index contributed by atoms with van der Waals surface area (Å²) in [5, 5.41) is 5.58. The lowest BCUT2D eigenvalue weighted by atomic mass is 9.91. The molecule has 25 heavy (non-hydrogen) atoms. The molecule has 1 aromatic rings. The van der Waals surface area contributed by atoms with Crippen molar-refractivity contribution < 1.29 is 14.4 Å². The molecule has 4 amide bonds. The SMILES string of the molecule is CCc1cccc(C)c1NC(=O)CN1C(=O)NC(C)(CC(C)C)C1=O. The molecule has 1 saturated heterocycles. The van der Waals surface area contributed by atoms with Gasteiger partial charge in [-0.25, -0.2) is 4.79 Å². The maximum absolute atomic E-state index is 12.6. The number of hydrogen-bond donors (Lipinski definition) is 2. The van der Waals surface area contributed by atoms with Crippen LogP contribution in [0.1, 0.15) is 45.2 Å². The lowest BCUT2D eigenvalue weighted by Gasteiger charge is -2.23. The van der Waals surface area contributed by atoms with Crippen LogP contribution in [0.4, 0.5) is 10.5 Å². The lowest BCUT2D eigenvalue weighted by molar-refractivity contribution is -0.133. The van der Waals surface area contributed by atoms with Crippen molar-refractivity contribution in [3.05, 3.63) is 29.3 Å². The number of nitrogens with one attached hydrogen (secondary N) is 2. The van der Waals surface area contributed by atoms with E-state index in [4.69, 9.17) is 0 Å². The normalized spacial score (nSPS) is 20.2. The molecule has 1 unspecified atom stereocenters. The molecule has 2 rings (SSSR count). The van der Waals surface area contributed by atoms with Gasteiger partial charge in [-0.3, -0.25) is 14.5 Å². The molecule has 0 radical (unpaired) electrons. The van der Waals surface area contributed by atoms with E-state index >= 15 is 0 Å². The Balaban J connectivity index is 2.11. The number of amides is 4. The monoisotopic (exact) mass is 345 g/mol. The highest BCUT2D eigenvalue weighted by Gasteiger charge is 2.48. The maximum atomic E-state index is 12.6. The largest absolute Gasteiger partial charge is 0.325 e. The zero-order valence-electron chi connectivity index (χ0n) is 15.6. The van der Waals surface area contributed by atoms with Crippen LogP contribution in [-0.4, -0.2) is 34.8 Å². The zero-order chi connectivity index (χ0) is 18.8. The topological polar surface area (TPSA) is 78.5 Å². The Morgan fingerprint density at radius 2 is 2.00 bits per heavy atom. The number of benzene rings is 1. The van der Waals surface area contributed by atoms with Gasteiger partial charge in [0.25, 0.3) is 5.91 Å². The van der Waals surface area contributed by atoms with E-state index in [0.29, 0.717) is 6.42 Å².